The Bertz CT molecular complexity index is 232. The van der Waals surface area contributed by atoms with Crippen molar-refractivity contribution in [2.45, 2.75) is 32.8 Å². The van der Waals surface area contributed by atoms with Crippen LogP contribution in [0.1, 0.15) is 27.2 Å². The average Bonchev–Trinajstić information content (AvgIpc) is 2.73. The number of ether oxygens (including phenoxy) is 1. The third kappa shape index (κ3) is 1.92. The van der Waals surface area contributed by atoms with Gasteiger partial charge in [-0.15, -0.1) is 0 Å². The Morgan fingerprint density at radius 3 is 2.57 bits per heavy atom. The van der Waals surface area contributed by atoms with Gasteiger partial charge in [-0.3, -0.25) is 4.79 Å². The highest BCUT2D eigenvalue weighted by molar-refractivity contribution is 5.77. The molecule has 0 aromatic heterocycles. The van der Waals surface area contributed by atoms with Crippen LogP contribution in [-0.2, 0) is 9.53 Å². The van der Waals surface area contributed by atoms with Gasteiger partial charge in [-0.05, 0) is 52.1 Å². The standard InChI is InChI=1S/C11H19NO2/c1-11(2,3)14-10(13)9-7-4-5-12-6-8(7)9/h7-9,12H,4-6H2,1-3H3. The van der Waals surface area contributed by atoms with Crippen LogP contribution in [0.3, 0.4) is 0 Å². The van der Waals surface area contributed by atoms with Gasteiger partial charge in [0.05, 0.1) is 5.92 Å². The van der Waals surface area contributed by atoms with E-state index in [9.17, 15) is 4.79 Å². The number of hydrogen-bond donors (Lipinski definition) is 1. The van der Waals surface area contributed by atoms with Crippen LogP contribution >= 0.6 is 0 Å². The van der Waals surface area contributed by atoms with Crippen LogP contribution in [0.25, 0.3) is 0 Å². The summed E-state index contributed by atoms with van der Waals surface area (Å²) in [5.41, 5.74) is -0.337. The van der Waals surface area contributed by atoms with E-state index in [-0.39, 0.29) is 17.5 Å². The lowest BCUT2D eigenvalue weighted by Crippen LogP contribution is -2.26. The smallest absolute Gasteiger partial charge is 0.310 e. The van der Waals surface area contributed by atoms with Gasteiger partial charge in [-0.2, -0.15) is 0 Å². The van der Waals surface area contributed by atoms with Crippen molar-refractivity contribution in [2.24, 2.45) is 17.8 Å². The first-order valence-electron chi connectivity index (χ1n) is 5.42. The van der Waals surface area contributed by atoms with E-state index in [0.29, 0.717) is 11.8 Å². The molecule has 2 fully saturated rings. The molecular formula is C11H19NO2. The fourth-order valence-corrected chi connectivity index (χ4v) is 2.37. The number of piperidine rings is 1. The zero-order valence-electron chi connectivity index (χ0n) is 9.17. The number of fused-ring (bicyclic) bond motifs is 1. The normalized spacial score (nSPS) is 36.1. The fourth-order valence-electron chi connectivity index (χ4n) is 2.37. The van der Waals surface area contributed by atoms with Crippen LogP contribution < -0.4 is 5.32 Å². The Kier molecular flexibility index (Phi) is 2.30. The van der Waals surface area contributed by atoms with Crippen molar-refractivity contribution in [3.8, 4) is 0 Å². The maximum absolute atomic E-state index is 11.7. The van der Waals surface area contributed by atoms with Crippen molar-refractivity contribution in [1.29, 1.82) is 0 Å². The number of esters is 1. The molecule has 1 heterocycles. The number of hydrogen-bond acceptors (Lipinski definition) is 3. The molecule has 0 aromatic rings. The van der Waals surface area contributed by atoms with Gasteiger partial charge in [0.25, 0.3) is 0 Å². The van der Waals surface area contributed by atoms with Gasteiger partial charge < -0.3 is 10.1 Å². The van der Waals surface area contributed by atoms with Crippen LogP contribution in [0.15, 0.2) is 0 Å². The first-order chi connectivity index (χ1) is 6.49. The molecule has 1 aliphatic heterocycles. The number of rotatable bonds is 1. The molecule has 0 spiro atoms. The monoisotopic (exact) mass is 197 g/mol. The molecular weight excluding hydrogens is 178 g/mol. The molecule has 1 N–H and O–H groups in total. The van der Waals surface area contributed by atoms with Crippen molar-refractivity contribution in [3.05, 3.63) is 0 Å². The molecule has 80 valence electrons. The zero-order chi connectivity index (χ0) is 10.3. The topological polar surface area (TPSA) is 38.3 Å². The van der Waals surface area contributed by atoms with Gasteiger partial charge in [0.1, 0.15) is 5.60 Å². The van der Waals surface area contributed by atoms with Crippen molar-refractivity contribution in [3.63, 3.8) is 0 Å². The largest absolute Gasteiger partial charge is 0.460 e. The molecule has 14 heavy (non-hydrogen) atoms. The van der Waals surface area contributed by atoms with E-state index in [1.807, 2.05) is 20.8 Å². The van der Waals surface area contributed by atoms with Gasteiger partial charge in [-0.1, -0.05) is 0 Å². The van der Waals surface area contributed by atoms with E-state index >= 15 is 0 Å². The highest BCUT2D eigenvalue weighted by Gasteiger charge is 2.56. The predicted octanol–water partition coefficient (Wildman–Crippen LogP) is 1.18. The molecule has 1 saturated carbocycles. The van der Waals surface area contributed by atoms with Gasteiger partial charge in [0.15, 0.2) is 0 Å². The van der Waals surface area contributed by atoms with Crippen LogP contribution in [0.5, 0.6) is 0 Å². The summed E-state index contributed by atoms with van der Waals surface area (Å²) < 4.78 is 5.39. The fraction of sp³-hybridized carbons (Fsp3) is 0.909. The minimum Gasteiger partial charge on any atom is -0.460 e. The Balaban J connectivity index is 1.88. The Hall–Kier alpha value is -0.570. The highest BCUT2D eigenvalue weighted by Crippen LogP contribution is 2.50. The first kappa shape index (κ1) is 9.97. The summed E-state index contributed by atoms with van der Waals surface area (Å²) in [5.74, 6) is 1.35. The summed E-state index contributed by atoms with van der Waals surface area (Å²) in [4.78, 5) is 11.7. The van der Waals surface area contributed by atoms with Gasteiger partial charge in [-0.25, -0.2) is 0 Å². The zero-order valence-corrected chi connectivity index (χ0v) is 9.17. The van der Waals surface area contributed by atoms with Crippen molar-refractivity contribution in [1.82, 2.24) is 5.32 Å². The average molecular weight is 197 g/mol. The third-order valence-electron chi connectivity index (χ3n) is 3.05. The predicted molar refractivity (Wildman–Crippen MR) is 53.8 cm³/mol. The highest BCUT2D eigenvalue weighted by atomic mass is 16.6. The van der Waals surface area contributed by atoms with Crippen LogP contribution in [-0.4, -0.2) is 24.7 Å². The maximum Gasteiger partial charge on any atom is 0.310 e. The summed E-state index contributed by atoms with van der Waals surface area (Å²) in [5, 5.41) is 3.32. The molecule has 3 heteroatoms. The molecule has 2 aliphatic rings. The molecule has 1 saturated heterocycles. The summed E-state index contributed by atoms with van der Waals surface area (Å²) in [6.45, 7) is 7.83. The lowest BCUT2D eigenvalue weighted by Gasteiger charge is -2.19. The van der Waals surface area contributed by atoms with Crippen molar-refractivity contribution < 1.29 is 9.53 Å². The minimum absolute atomic E-state index is 0.0104. The lowest BCUT2D eigenvalue weighted by molar-refractivity contribution is -0.157. The lowest BCUT2D eigenvalue weighted by atomic mass is 10.2. The summed E-state index contributed by atoms with van der Waals surface area (Å²) in [6.07, 6.45) is 1.13. The van der Waals surface area contributed by atoms with Gasteiger partial charge in [0, 0.05) is 0 Å². The molecule has 1 aliphatic carbocycles. The number of nitrogens with one attached hydrogen (secondary N) is 1. The molecule has 0 aromatic carbocycles. The minimum atomic E-state index is -0.337. The second kappa shape index (κ2) is 3.23. The van der Waals surface area contributed by atoms with E-state index in [1.165, 1.54) is 0 Å². The molecule has 0 amide bonds. The Morgan fingerprint density at radius 2 is 2.07 bits per heavy atom. The Labute approximate surface area is 85.2 Å². The van der Waals surface area contributed by atoms with Crippen LogP contribution in [0, 0.1) is 17.8 Å². The van der Waals surface area contributed by atoms with Crippen LogP contribution in [0.2, 0.25) is 0 Å². The molecule has 2 rings (SSSR count). The van der Waals surface area contributed by atoms with Crippen molar-refractivity contribution in [2.75, 3.05) is 13.1 Å². The summed E-state index contributed by atoms with van der Waals surface area (Å²) in [6, 6.07) is 0. The van der Waals surface area contributed by atoms with E-state index in [4.69, 9.17) is 4.74 Å². The van der Waals surface area contributed by atoms with Crippen molar-refractivity contribution >= 4 is 5.97 Å². The summed E-state index contributed by atoms with van der Waals surface area (Å²) in [7, 11) is 0. The molecule has 0 bridgehead atoms. The third-order valence-corrected chi connectivity index (χ3v) is 3.05. The van der Waals surface area contributed by atoms with E-state index in [2.05, 4.69) is 5.32 Å². The Morgan fingerprint density at radius 1 is 1.36 bits per heavy atom. The second-order valence-electron chi connectivity index (χ2n) is 5.38. The number of carbonyl (C=O) groups excluding carboxylic acids is 1. The molecule has 0 radical (unpaired) electrons. The maximum atomic E-state index is 11.7. The molecule has 3 nitrogen and oxygen atoms in total. The molecule has 3 unspecified atom stereocenters. The second-order valence-corrected chi connectivity index (χ2v) is 5.38. The molecule has 3 atom stereocenters. The van der Waals surface area contributed by atoms with Gasteiger partial charge in [0.2, 0.25) is 0 Å². The van der Waals surface area contributed by atoms with Gasteiger partial charge >= 0.3 is 5.97 Å². The van der Waals surface area contributed by atoms with E-state index < -0.39 is 0 Å². The SMILES string of the molecule is CC(C)(C)OC(=O)C1C2CCNCC21. The van der Waals surface area contributed by atoms with E-state index in [1.54, 1.807) is 0 Å². The quantitative estimate of drug-likeness (QED) is 0.642. The number of carbonyl (C=O) groups is 1. The summed E-state index contributed by atoms with van der Waals surface area (Å²) >= 11 is 0. The van der Waals surface area contributed by atoms with E-state index in [0.717, 1.165) is 19.5 Å². The first-order valence-corrected chi connectivity index (χ1v) is 5.42. The van der Waals surface area contributed by atoms with Crippen LogP contribution in [0.4, 0.5) is 0 Å².